The van der Waals surface area contributed by atoms with Crippen molar-refractivity contribution >= 4 is 31.6 Å². The van der Waals surface area contributed by atoms with Crippen molar-refractivity contribution in [1.29, 1.82) is 0 Å². The van der Waals surface area contributed by atoms with E-state index >= 15 is 0 Å². The van der Waals surface area contributed by atoms with Crippen LogP contribution in [0.4, 0.5) is 17.1 Å². The third kappa shape index (κ3) is 2.59. The molecule has 0 aliphatic carbocycles. The summed E-state index contributed by atoms with van der Waals surface area (Å²) in [5, 5.41) is 3.35. The Balaban J connectivity index is 1.76. The second kappa shape index (κ2) is 5.38. The van der Waals surface area contributed by atoms with Gasteiger partial charge in [-0.15, -0.1) is 0 Å². The Kier molecular flexibility index (Phi) is 3.44. The van der Waals surface area contributed by atoms with E-state index in [4.69, 9.17) is 4.74 Å². The standard InChI is InChI=1S/C13H12N4OSe/c1-18-12-7-2-4-9(15-12)8-14-10-5-3-6-11-13(10)17-19-16-11/h2-7,14H,8H2,1H3. The van der Waals surface area contributed by atoms with E-state index in [-0.39, 0.29) is 14.6 Å². The average Bonchev–Trinajstić information content (AvgIpc) is 2.94. The van der Waals surface area contributed by atoms with Crippen LogP contribution >= 0.6 is 0 Å². The number of aromatic nitrogens is 1. The Morgan fingerprint density at radius 3 is 2.95 bits per heavy atom. The van der Waals surface area contributed by atoms with Gasteiger partial charge in [0.1, 0.15) is 0 Å². The molecule has 6 heteroatoms. The predicted molar refractivity (Wildman–Crippen MR) is 74.5 cm³/mol. The number of anilines is 1. The zero-order chi connectivity index (χ0) is 13.1. The van der Waals surface area contributed by atoms with Crippen LogP contribution in [0.5, 0.6) is 5.88 Å². The first-order chi connectivity index (χ1) is 9.36. The molecule has 2 aromatic rings. The van der Waals surface area contributed by atoms with Gasteiger partial charge in [0, 0.05) is 0 Å². The van der Waals surface area contributed by atoms with Gasteiger partial charge >= 0.3 is 116 Å². The van der Waals surface area contributed by atoms with Crippen molar-refractivity contribution in [3.05, 3.63) is 42.1 Å². The zero-order valence-corrected chi connectivity index (χ0v) is 12.0. The Labute approximate surface area is 116 Å². The number of nitrogens with zero attached hydrogens (tertiary/aromatic N) is 3. The molecule has 1 aliphatic heterocycles. The van der Waals surface area contributed by atoms with Crippen LogP contribution in [0.3, 0.4) is 0 Å². The van der Waals surface area contributed by atoms with Gasteiger partial charge in [0.05, 0.1) is 0 Å². The van der Waals surface area contributed by atoms with Crippen molar-refractivity contribution < 1.29 is 4.74 Å². The molecule has 3 rings (SSSR count). The molecule has 2 heterocycles. The van der Waals surface area contributed by atoms with Gasteiger partial charge in [0.2, 0.25) is 0 Å². The van der Waals surface area contributed by atoms with Crippen LogP contribution in [-0.4, -0.2) is 26.7 Å². The van der Waals surface area contributed by atoms with Crippen LogP contribution in [0, 0.1) is 0 Å². The molecule has 0 saturated carbocycles. The molecule has 1 N–H and O–H groups in total. The van der Waals surface area contributed by atoms with Gasteiger partial charge in [-0.3, -0.25) is 0 Å². The molecular weight excluding hydrogens is 307 g/mol. The summed E-state index contributed by atoms with van der Waals surface area (Å²) in [6, 6.07) is 11.7. The van der Waals surface area contributed by atoms with Gasteiger partial charge in [-0.25, -0.2) is 0 Å². The van der Waals surface area contributed by atoms with E-state index in [0.717, 1.165) is 22.8 Å². The molecule has 1 aromatic carbocycles. The number of methoxy groups -OCH3 is 1. The molecule has 0 radical (unpaired) electrons. The van der Waals surface area contributed by atoms with E-state index in [0.29, 0.717) is 12.4 Å². The van der Waals surface area contributed by atoms with Gasteiger partial charge in [-0.2, -0.15) is 0 Å². The van der Waals surface area contributed by atoms with Gasteiger partial charge < -0.3 is 0 Å². The number of fused-ring (bicyclic) bond motifs is 1. The summed E-state index contributed by atoms with van der Waals surface area (Å²) in [7, 11) is 1.62. The van der Waals surface area contributed by atoms with E-state index in [9.17, 15) is 0 Å². The fourth-order valence-corrected chi connectivity index (χ4v) is 2.96. The minimum atomic E-state index is -0.00562. The molecule has 5 nitrogen and oxygen atoms in total. The number of hydrogen-bond acceptors (Lipinski definition) is 5. The maximum atomic E-state index is 5.11. The van der Waals surface area contributed by atoms with Crippen LogP contribution in [0.25, 0.3) is 0 Å². The van der Waals surface area contributed by atoms with Crippen molar-refractivity contribution in [3.63, 3.8) is 0 Å². The third-order valence-electron chi connectivity index (χ3n) is 2.74. The zero-order valence-electron chi connectivity index (χ0n) is 10.3. The molecule has 0 bridgehead atoms. The fourth-order valence-electron chi connectivity index (χ4n) is 1.80. The molecule has 0 amide bonds. The first kappa shape index (κ1) is 12.1. The fraction of sp³-hybridized carbons (Fsp3) is 0.154. The molecule has 19 heavy (non-hydrogen) atoms. The molecular formula is C13H12N4OSe. The summed E-state index contributed by atoms with van der Waals surface area (Å²) in [5.74, 6) is 0.626. The normalized spacial score (nSPS) is 11.8. The number of nitrogens with one attached hydrogen (secondary N) is 1. The third-order valence-corrected chi connectivity index (χ3v) is 3.87. The molecule has 96 valence electrons. The first-order valence-electron chi connectivity index (χ1n) is 5.82. The molecule has 0 fully saturated rings. The van der Waals surface area contributed by atoms with Crippen molar-refractivity contribution in [2.24, 2.45) is 7.92 Å². The van der Waals surface area contributed by atoms with Crippen LogP contribution in [0.1, 0.15) is 5.69 Å². The van der Waals surface area contributed by atoms with Crippen molar-refractivity contribution in [1.82, 2.24) is 4.98 Å². The summed E-state index contributed by atoms with van der Waals surface area (Å²) >= 11 is -0.00562. The first-order valence-corrected chi connectivity index (χ1v) is 7.35. The number of benzene rings is 1. The second-order valence-electron chi connectivity index (χ2n) is 3.96. The summed E-state index contributed by atoms with van der Waals surface area (Å²) in [6.45, 7) is 0.635. The van der Waals surface area contributed by atoms with Gasteiger partial charge in [-0.1, -0.05) is 0 Å². The Morgan fingerprint density at radius 1 is 1.16 bits per heavy atom. The van der Waals surface area contributed by atoms with E-state index in [1.165, 1.54) is 0 Å². The van der Waals surface area contributed by atoms with Crippen molar-refractivity contribution in [2.75, 3.05) is 12.4 Å². The monoisotopic (exact) mass is 320 g/mol. The van der Waals surface area contributed by atoms with E-state index < -0.39 is 0 Å². The predicted octanol–water partition coefficient (Wildman–Crippen LogP) is 3.05. The Hall–Kier alpha value is -1.91. The molecule has 0 atom stereocenters. The van der Waals surface area contributed by atoms with E-state index in [1.807, 2.05) is 36.4 Å². The molecule has 0 unspecified atom stereocenters. The molecule has 1 aromatic heterocycles. The van der Waals surface area contributed by atoms with Crippen LogP contribution in [0.2, 0.25) is 0 Å². The van der Waals surface area contributed by atoms with Crippen LogP contribution < -0.4 is 10.1 Å². The van der Waals surface area contributed by atoms with E-state index in [1.54, 1.807) is 7.11 Å². The quantitative estimate of drug-likeness (QED) is 0.752. The maximum absolute atomic E-state index is 5.11. The van der Waals surface area contributed by atoms with Crippen LogP contribution in [0.15, 0.2) is 44.3 Å². The summed E-state index contributed by atoms with van der Waals surface area (Å²) in [5.41, 5.74) is 3.87. The number of rotatable bonds is 4. The topological polar surface area (TPSA) is 58.9 Å². The number of hydrogen-bond donors (Lipinski definition) is 1. The van der Waals surface area contributed by atoms with Gasteiger partial charge in [0.15, 0.2) is 0 Å². The summed E-state index contributed by atoms with van der Waals surface area (Å²) in [4.78, 5) is 4.36. The Bertz CT molecular complexity index is 680. The number of pyridine rings is 1. The number of ether oxygens (including phenoxy) is 1. The average molecular weight is 319 g/mol. The summed E-state index contributed by atoms with van der Waals surface area (Å²) < 4.78 is 13.9. The van der Waals surface area contributed by atoms with E-state index in [2.05, 4.69) is 18.2 Å². The van der Waals surface area contributed by atoms with Crippen LogP contribution in [-0.2, 0) is 6.54 Å². The second-order valence-corrected chi connectivity index (χ2v) is 5.07. The van der Waals surface area contributed by atoms with Gasteiger partial charge in [0.25, 0.3) is 0 Å². The summed E-state index contributed by atoms with van der Waals surface area (Å²) in [6.07, 6.45) is 0. The van der Waals surface area contributed by atoms with Crippen molar-refractivity contribution in [2.45, 2.75) is 6.54 Å². The molecule has 0 spiro atoms. The molecule has 1 aliphatic rings. The minimum absolute atomic E-state index is 0.00562. The Morgan fingerprint density at radius 2 is 2.05 bits per heavy atom. The van der Waals surface area contributed by atoms with Crippen molar-refractivity contribution in [3.8, 4) is 5.88 Å². The van der Waals surface area contributed by atoms with Gasteiger partial charge in [-0.05, 0) is 0 Å². The SMILES string of the molecule is COc1cccc(CNc2cccc3c2N=[Se]=N3)n1. The molecule has 0 saturated heterocycles.